The van der Waals surface area contributed by atoms with Gasteiger partial charge in [0.25, 0.3) is 0 Å². The molecule has 0 fully saturated rings. The SMILES string of the molecule is CC1CC=CCC1COCC(=O)c1coc2ccccc12. The fourth-order valence-corrected chi connectivity index (χ4v) is 2.81. The van der Waals surface area contributed by atoms with E-state index in [1.807, 2.05) is 24.3 Å². The smallest absolute Gasteiger partial charge is 0.192 e. The normalized spacial score (nSPS) is 21.8. The van der Waals surface area contributed by atoms with E-state index < -0.39 is 0 Å². The Balaban J connectivity index is 1.58. The highest BCUT2D eigenvalue weighted by Gasteiger charge is 2.19. The van der Waals surface area contributed by atoms with E-state index in [2.05, 4.69) is 19.1 Å². The van der Waals surface area contributed by atoms with Crippen molar-refractivity contribution in [2.75, 3.05) is 13.2 Å². The number of benzene rings is 1. The molecule has 1 heterocycles. The third-order valence-electron chi connectivity index (χ3n) is 4.26. The van der Waals surface area contributed by atoms with Crippen LogP contribution in [0.15, 0.2) is 47.1 Å². The topological polar surface area (TPSA) is 39.4 Å². The maximum absolute atomic E-state index is 12.2. The Morgan fingerprint density at radius 3 is 2.95 bits per heavy atom. The predicted molar refractivity (Wildman–Crippen MR) is 82.4 cm³/mol. The van der Waals surface area contributed by atoms with Crippen molar-refractivity contribution >= 4 is 16.8 Å². The number of Topliss-reactive ketones (excluding diaryl/α,β-unsaturated/α-hetero) is 1. The van der Waals surface area contributed by atoms with Crippen LogP contribution in [0.4, 0.5) is 0 Å². The van der Waals surface area contributed by atoms with Crippen LogP contribution in [0, 0.1) is 11.8 Å². The van der Waals surface area contributed by atoms with Gasteiger partial charge in [0.2, 0.25) is 0 Å². The number of allylic oxidation sites excluding steroid dienone is 2. The van der Waals surface area contributed by atoms with Crippen LogP contribution in [0.1, 0.15) is 30.1 Å². The maximum atomic E-state index is 12.2. The molecular weight excluding hydrogens is 264 g/mol. The van der Waals surface area contributed by atoms with Crippen LogP contribution in [-0.4, -0.2) is 19.0 Å². The molecule has 2 unspecified atom stereocenters. The average Bonchev–Trinajstić information content (AvgIpc) is 2.93. The fraction of sp³-hybridized carbons (Fsp3) is 0.389. The number of rotatable bonds is 5. The Morgan fingerprint density at radius 1 is 1.29 bits per heavy atom. The van der Waals surface area contributed by atoms with Gasteiger partial charge in [-0.25, -0.2) is 0 Å². The van der Waals surface area contributed by atoms with E-state index in [-0.39, 0.29) is 12.4 Å². The molecule has 0 spiro atoms. The minimum Gasteiger partial charge on any atom is -0.464 e. The first-order chi connectivity index (χ1) is 10.3. The van der Waals surface area contributed by atoms with Crippen molar-refractivity contribution < 1.29 is 13.9 Å². The van der Waals surface area contributed by atoms with Crippen LogP contribution in [-0.2, 0) is 4.74 Å². The summed E-state index contributed by atoms with van der Waals surface area (Å²) >= 11 is 0. The number of carbonyl (C=O) groups is 1. The molecule has 0 N–H and O–H groups in total. The Kier molecular flexibility index (Phi) is 4.20. The molecule has 110 valence electrons. The van der Waals surface area contributed by atoms with Crippen LogP contribution in [0.5, 0.6) is 0 Å². The first-order valence-corrected chi connectivity index (χ1v) is 7.48. The highest BCUT2D eigenvalue weighted by molar-refractivity contribution is 6.07. The van der Waals surface area contributed by atoms with Crippen molar-refractivity contribution in [2.45, 2.75) is 19.8 Å². The second-order valence-corrected chi connectivity index (χ2v) is 5.76. The number of carbonyl (C=O) groups excluding carboxylic acids is 1. The van der Waals surface area contributed by atoms with E-state index >= 15 is 0 Å². The van der Waals surface area contributed by atoms with Crippen LogP contribution in [0.25, 0.3) is 11.0 Å². The van der Waals surface area contributed by atoms with Crippen molar-refractivity contribution in [3.63, 3.8) is 0 Å². The lowest BCUT2D eigenvalue weighted by Crippen LogP contribution is -2.21. The zero-order valence-corrected chi connectivity index (χ0v) is 12.2. The lowest BCUT2D eigenvalue weighted by atomic mass is 9.85. The molecule has 1 aliphatic rings. The van der Waals surface area contributed by atoms with Crippen LogP contribution < -0.4 is 0 Å². The lowest BCUT2D eigenvalue weighted by molar-refractivity contribution is 0.0603. The molecule has 1 aromatic carbocycles. The van der Waals surface area contributed by atoms with Gasteiger partial charge < -0.3 is 9.15 Å². The van der Waals surface area contributed by atoms with Crippen molar-refractivity contribution in [3.05, 3.63) is 48.2 Å². The molecule has 3 heteroatoms. The summed E-state index contributed by atoms with van der Waals surface area (Å²) in [6.07, 6.45) is 8.12. The standard InChI is InChI=1S/C18H20O3/c1-13-6-2-3-7-14(13)10-20-12-17(19)16-11-21-18-9-5-4-8-15(16)18/h2-5,8-9,11,13-14H,6-7,10,12H2,1H3. The van der Waals surface area contributed by atoms with Gasteiger partial charge in [-0.05, 0) is 30.7 Å². The molecule has 3 nitrogen and oxygen atoms in total. The summed E-state index contributed by atoms with van der Waals surface area (Å²) in [6, 6.07) is 7.57. The molecule has 0 radical (unpaired) electrons. The first kappa shape index (κ1) is 14.1. The molecule has 0 aliphatic heterocycles. The van der Waals surface area contributed by atoms with E-state index in [1.54, 1.807) is 0 Å². The lowest BCUT2D eigenvalue weighted by Gasteiger charge is -2.24. The Morgan fingerprint density at radius 2 is 2.10 bits per heavy atom. The molecule has 0 amide bonds. The van der Waals surface area contributed by atoms with Crippen LogP contribution >= 0.6 is 0 Å². The van der Waals surface area contributed by atoms with Gasteiger partial charge in [0, 0.05) is 5.39 Å². The van der Waals surface area contributed by atoms with Crippen molar-refractivity contribution in [1.29, 1.82) is 0 Å². The number of ketones is 1. The van der Waals surface area contributed by atoms with Crippen LogP contribution in [0.2, 0.25) is 0 Å². The number of ether oxygens (including phenoxy) is 1. The molecule has 21 heavy (non-hydrogen) atoms. The summed E-state index contributed by atoms with van der Waals surface area (Å²) in [5, 5.41) is 0.861. The fourth-order valence-electron chi connectivity index (χ4n) is 2.81. The second kappa shape index (κ2) is 6.27. The van der Waals surface area contributed by atoms with Crippen molar-refractivity contribution in [2.24, 2.45) is 11.8 Å². The van der Waals surface area contributed by atoms with Gasteiger partial charge in [-0.1, -0.05) is 37.3 Å². The Bertz CT molecular complexity index is 653. The van der Waals surface area contributed by atoms with Gasteiger partial charge >= 0.3 is 0 Å². The monoisotopic (exact) mass is 284 g/mol. The van der Waals surface area contributed by atoms with Crippen molar-refractivity contribution in [1.82, 2.24) is 0 Å². The number of furan rings is 1. The van der Waals surface area contributed by atoms with E-state index in [0.29, 0.717) is 24.0 Å². The van der Waals surface area contributed by atoms with Gasteiger partial charge in [-0.15, -0.1) is 0 Å². The Labute approximate surface area is 124 Å². The average molecular weight is 284 g/mol. The molecule has 2 aromatic rings. The summed E-state index contributed by atoms with van der Waals surface area (Å²) in [5.74, 6) is 1.13. The number of fused-ring (bicyclic) bond motifs is 1. The maximum Gasteiger partial charge on any atom is 0.192 e. The quantitative estimate of drug-likeness (QED) is 0.609. The minimum absolute atomic E-state index is 0.0149. The van der Waals surface area contributed by atoms with E-state index in [9.17, 15) is 4.79 Å². The summed E-state index contributed by atoms with van der Waals surface area (Å²) in [5.41, 5.74) is 1.36. The predicted octanol–water partition coefficient (Wildman–Crippen LogP) is 4.23. The second-order valence-electron chi connectivity index (χ2n) is 5.76. The molecule has 2 atom stereocenters. The molecule has 0 bridgehead atoms. The van der Waals surface area contributed by atoms with E-state index in [0.717, 1.165) is 23.8 Å². The highest BCUT2D eigenvalue weighted by Crippen LogP contribution is 2.25. The van der Waals surface area contributed by atoms with Gasteiger partial charge in [-0.3, -0.25) is 4.79 Å². The Hall–Kier alpha value is -1.87. The summed E-state index contributed by atoms with van der Waals surface area (Å²) in [4.78, 5) is 12.2. The van der Waals surface area contributed by atoms with Gasteiger partial charge in [0.1, 0.15) is 18.5 Å². The number of hydrogen-bond donors (Lipinski definition) is 0. The molecule has 3 rings (SSSR count). The third kappa shape index (κ3) is 3.08. The van der Waals surface area contributed by atoms with E-state index in [4.69, 9.17) is 9.15 Å². The van der Waals surface area contributed by atoms with Crippen molar-refractivity contribution in [3.8, 4) is 0 Å². The molecule has 0 saturated heterocycles. The molecule has 0 saturated carbocycles. The number of para-hydroxylation sites is 1. The van der Waals surface area contributed by atoms with E-state index in [1.165, 1.54) is 6.26 Å². The van der Waals surface area contributed by atoms with Crippen LogP contribution in [0.3, 0.4) is 0 Å². The number of hydrogen-bond acceptors (Lipinski definition) is 3. The zero-order chi connectivity index (χ0) is 14.7. The molecular formula is C18H20O3. The zero-order valence-electron chi connectivity index (χ0n) is 12.2. The highest BCUT2D eigenvalue weighted by atomic mass is 16.5. The summed E-state index contributed by atoms with van der Waals surface area (Å²) in [6.45, 7) is 3.01. The molecule has 1 aromatic heterocycles. The minimum atomic E-state index is -0.0149. The van der Waals surface area contributed by atoms with Gasteiger partial charge in [0.05, 0.1) is 12.2 Å². The van der Waals surface area contributed by atoms with Gasteiger partial charge in [0.15, 0.2) is 5.78 Å². The summed E-state index contributed by atoms with van der Waals surface area (Å²) < 4.78 is 11.1. The first-order valence-electron chi connectivity index (χ1n) is 7.48. The summed E-state index contributed by atoms with van der Waals surface area (Å²) in [7, 11) is 0. The third-order valence-corrected chi connectivity index (χ3v) is 4.26. The molecule has 1 aliphatic carbocycles. The largest absolute Gasteiger partial charge is 0.464 e. The van der Waals surface area contributed by atoms with Gasteiger partial charge in [-0.2, -0.15) is 0 Å².